The normalized spacial score (nSPS) is 10.3. The van der Waals surface area contributed by atoms with Gasteiger partial charge < -0.3 is 4.90 Å². The molecule has 0 unspecified atom stereocenters. The van der Waals surface area contributed by atoms with Crippen LogP contribution in [0.25, 0.3) is 5.57 Å². The fourth-order valence-corrected chi connectivity index (χ4v) is 2.16. The summed E-state index contributed by atoms with van der Waals surface area (Å²) in [5.74, 6) is 0. The third-order valence-electron chi connectivity index (χ3n) is 2.50. The third-order valence-corrected chi connectivity index (χ3v) is 3.40. The van der Waals surface area contributed by atoms with Crippen LogP contribution in [-0.2, 0) is 0 Å². The van der Waals surface area contributed by atoms with Crippen LogP contribution in [0.15, 0.2) is 47.0 Å². The monoisotopic (exact) mass is 269 g/mol. The number of nitrogens with zero attached hydrogens (tertiary/aromatic N) is 3. The second kappa shape index (κ2) is 7.31. The predicted octanol–water partition coefficient (Wildman–Crippen LogP) is 3.25. The minimum Gasteiger partial charge on any atom is -0.372 e. The smallest absolute Gasteiger partial charge is 0.137 e. The zero-order valence-corrected chi connectivity index (χ0v) is 12.0. The summed E-state index contributed by atoms with van der Waals surface area (Å²) >= 11 is 1.57. The van der Waals surface area contributed by atoms with Gasteiger partial charge in [0, 0.05) is 19.7 Å². The molecule has 0 radical (unpaired) electrons. The first-order chi connectivity index (χ1) is 9.13. The van der Waals surface area contributed by atoms with Gasteiger partial charge in [0.1, 0.15) is 17.7 Å². The fraction of sp³-hybridized carbons (Fsp3) is 0.200. The molecule has 4 heteroatoms. The van der Waals surface area contributed by atoms with Gasteiger partial charge in [-0.25, -0.2) is 0 Å². The molecule has 0 N–H and O–H groups in total. The van der Waals surface area contributed by atoms with Gasteiger partial charge in [0.15, 0.2) is 0 Å². The predicted molar refractivity (Wildman–Crippen MR) is 79.9 cm³/mol. The molecule has 0 saturated heterocycles. The summed E-state index contributed by atoms with van der Waals surface area (Å²) in [6.45, 7) is 0. The lowest BCUT2D eigenvalue weighted by molar-refractivity contribution is 0.551. The van der Waals surface area contributed by atoms with Crippen LogP contribution in [0.1, 0.15) is 5.56 Å². The van der Waals surface area contributed by atoms with Crippen molar-refractivity contribution >= 4 is 17.3 Å². The van der Waals surface area contributed by atoms with Crippen LogP contribution in [0, 0.1) is 22.7 Å². The van der Waals surface area contributed by atoms with Gasteiger partial charge in [0.05, 0.1) is 5.03 Å². The van der Waals surface area contributed by atoms with E-state index >= 15 is 0 Å². The average molecular weight is 269 g/mol. The van der Waals surface area contributed by atoms with E-state index in [1.54, 1.807) is 11.8 Å². The first-order valence-corrected chi connectivity index (χ1v) is 6.89. The molecule has 0 aliphatic rings. The number of allylic oxidation sites excluding steroid dienone is 3. The van der Waals surface area contributed by atoms with Crippen molar-refractivity contribution in [3.05, 3.63) is 52.6 Å². The third kappa shape index (κ3) is 3.91. The van der Waals surface area contributed by atoms with Gasteiger partial charge in [-0.3, -0.25) is 0 Å². The zero-order chi connectivity index (χ0) is 14.3. The maximum absolute atomic E-state index is 9.10. The summed E-state index contributed by atoms with van der Waals surface area (Å²) in [4.78, 5) is 1.96. The Kier molecular flexibility index (Phi) is 5.73. The minimum atomic E-state index is 0.125. The summed E-state index contributed by atoms with van der Waals surface area (Å²) in [5.41, 5.74) is 1.65. The number of hydrogen-bond acceptors (Lipinski definition) is 4. The molecular formula is C15H15N3S. The van der Waals surface area contributed by atoms with E-state index in [1.165, 1.54) is 0 Å². The molecule has 1 aromatic carbocycles. The van der Waals surface area contributed by atoms with E-state index in [0.29, 0.717) is 5.57 Å². The van der Waals surface area contributed by atoms with Crippen molar-refractivity contribution in [3.8, 4) is 12.1 Å². The Balaban J connectivity index is 3.45. The van der Waals surface area contributed by atoms with Crippen LogP contribution < -0.4 is 0 Å². The highest BCUT2D eigenvalue weighted by molar-refractivity contribution is 8.02. The summed E-state index contributed by atoms with van der Waals surface area (Å²) in [7, 11) is 3.87. The van der Waals surface area contributed by atoms with Crippen molar-refractivity contribution in [2.45, 2.75) is 0 Å². The van der Waals surface area contributed by atoms with Gasteiger partial charge in [-0.2, -0.15) is 10.5 Å². The van der Waals surface area contributed by atoms with Crippen molar-refractivity contribution in [3.63, 3.8) is 0 Å². The highest BCUT2D eigenvalue weighted by Crippen LogP contribution is 2.25. The van der Waals surface area contributed by atoms with Crippen LogP contribution in [0.2, 0.25) is 0 Å². The lowest BCUT2D eigenvalue weighted by Crippen LogP contribution is -2.08. The summed E-state index contributed by atoms with van der Waals surface area (Å²) in [6.07, 6.45) is 3.84. The van der Waals surface area contributed by atoms with Crippen LogP contribution in [-0.4, -0.2) is 25.3 Å². The Morgan fingerprint density at radius 2 is 1.74 bits per heavy atom. The Bertz CT molecular complexity index is 556. The standard InChI is InChI=1S/C15H15N3S/c1-18(2)15(19-3)9-14(13(10-16)11-17)12-7-5-4-6-8-12/h4-9H,1-3H3/b15-9+. The van der Waals surface area contributed by atoms with E-state index < -0.39 is 0 Å². The lowest BCUT2D eigenvalue weighted by Gasteiger charge is -2.15. The number of hydrogen-bond donors (Lipinski definition) is 0. The van der Waals surface area contributed by atoms with Crippen molar-refractivity contribution in [1.29, 1.82) is 10.5 Å². The van der Waals surface area contributed by atoms with E-state index in [0.717, 1.165) is 10.6 Å². The number of nitriles is 2. The lowest BCUT2D eigenvalue weighted by atomic mass is 10.0. The molecule has 0 amide bonds. The average Bonchev–Trinajstić information content (AvgIpc) is 2.44. The van der Waals surface area contributed by atoms with Crippen LogP contribution >= 0.6 is 11.8 Å². The molecule has 0 saturated carbocycles. The molecule has 0 bridgehead atoms. The number of thioether (sulfide) groups is 1. The Morgan fingerprint density at radius 1 is 1.16 bits per heavy atom. The molecule has 19 heavy (non-hydrogen) atoms. The zero-order valence-electron chi connectivity index (χ0n) is 11.2. The molecule has 0 spiro atoms. The topological polar surface area (TPSA) is 50.8 Å². The summed E-state index contributed by atoms with van der Waals surface area (Å²) < 4.78 is 0. The quantitative estimate of drug-likeness (QED) is 0.622. The maximum Gasteiger partial charge on any atom is 0.137 e. The molecular weight excluding hydrogens is 254 g/mol. The first-order valence-electron chi connectivity index (χ1n) is 5.67. The summed E-state index contributed by atoms with van der Waals surface area (Å²) in [6, 6.07) is 13.4. The van der Waals surface area contributed by atoms with E-state index in [2.05, 4.69) is 0 Å². The molecule has 0 fully saturated rings. The first kappa shape index (κ1) is 14.9. The SMILES string of the molecule is CS/C(=C/C(=C(C#N)C#N)c1ccccc1)N(C)C. The van der Waals surface area contributed by atoms with Crippen LogP contribution in [0.3, 0.4) is 0 Å². The van der Waals surface area contributed by atoms with Crippen molar-refractivity contribution in [2.75, 3.05) is 20.4 Å². The molecule has 0 heterocycles. The van der Waals surface area contributed by atoms with Gasteiger partial charge >= 0.3 is 0 Å². The molecule has 1 rings (SSSR count). The molecule has 96 valence electrons. The Morgan fingerprint density at radius 3 is 2.16 bits per heavy atom. The van der Waals surface area contributed by atoms with Gasteiger partial charge in [-0.15, -0.1) is 11.8 Å². The van der Waals surface area contributed by atoms with Crippen LogP contribution in [0.5, 0.6) is 0 Å². The molecule has 1 aromatic rings. The van der Waals surface area contributed by atoms with E-state index in [-0.39, 0.29) is 5.57 Å². The van der Waals surface area contributed by atoms with Crippen molar-refractivity contribution in [2.24, 2.45) is 0 Å². The molecule has 0 atom stereocenters. The van der Waals surface area contributed by atoms with Gasteiger partial charge in [0.2, 0.25) is 0 Å². The largest absolute Gasteiger partial charge is 0.372 e. The highest BCUT2D eigenvalue weighted by atomic mass is 32.2. The Labute approximate surface area is 118 Å². The second-order valence-electron chi connectivity index (χ2n) is 3.96. The van der Waals surface area contributed by atoms with Gasteiger partial charge in [-0.1, -0.05) is 30.3 Å². The maximum atomic E-state index is 9.10. The van der Waals surface area contributed by atoms with Crippen molar-refractivity contribution < 1.29 is 0 Å². The molecule has 0 aliphatic carbocycles. The number of benzene rings is 1. The molecule has 3 nitrogen and oxygen atoms in total. The number of rotatable bonds is 4. The minimum absolute atomic E-state index is 0.125. The second-order valence-corrected chi connectivity index (χ2v) is 4.79. The Hall–Kier alpha value is -2.17. The van der Waals surface area contributed by atoms with E-state index in [4.69, 9.17) is 10.5 Å². The van der Waals surface area contributed by atoms with Gasteiger partial charge in [-0.05, 0) is 17.9 Å². The molecule has 0 aliphatic heterocycles. The van der Waals surface area contributed by atoms with Crippen LogP contribution in [0.4, 0.5) is 0 Å². The highest BCUT2D eigenvalue weighted by Gasteiger charge is 2.09. The fourth-order valence-electron chi connectivity index (χ4n) is 1.56. The van der Waals surface area contributed by atoms with Crippen molar-refractivity contribution in [1.82, 2.24) is 4.90 Å². The van der Waals surface area contributed by atoms with Gasteiger partial charge in [0.25, 0.3) is 0 Å². The van der Waals surface area contributed by atoms with E-state index in [1.807, 2.05) is 73.8 Å². The molecule has 0 aromatic heterocycles. The van der Waals surface area contributed by atoms with E-state index in [9.17, 15) is 0 Å². The summed E-state index contributed by atoms with van der Waals surface area (Å²) in [5, 5.41) is 19.2.